The zero-order valence-electron chi connectivity index (χ0n) is 14.2. The molecule has 0 saturated heterocycles. The van der Waals surface area contributed by atoms with Crippen molar-refractivity contribution in [1.29, 1.82) is 0 Å². The maximum absolute atomic E-state index is 13.1. The highest BCUT2D eigenvalue weighted by Crippen LogP contribution is 2.26. The molecule has 1 aromatic heterocycles. The van der Waals surface area contributed by atoms with Gasteiger partial charge in [-0.1, -0.05) is 18.2 Å². The maximum Gasteiger partial charge on any atom is 0.243 e. The van der Waals surface area contributed by atoms with Crippen LogP contribution >= 0.6 is 0 Å². The molecule has 0 N–H and O–H groups in total. The number of benzene rings is 2. The molecule has 0 aliphatic carbocycles. The topological polar surface area (TPSA) is 81.0 Å². The third kappa shape index (κ3) is 3.51. The Morgan fingerprint density at radius 3 is 2.33 bits per heavy atom. The van der Waals surface area contributed by atoms with Crippen molar-refractivity contribution in [1.82, 2.24) is 24.5 Å². The van der Waals surface area contributed by atoms with E-state index < -0.39 is 10.0 Å². The molecular formula is C18H16FN5O2S. The Kier molecular flexibility index (Phi) is 4.54. The van der Waals surface area contributed by atoms with E-state index in [1.165, 1.54) is 27.4 Å². The minimum Gasteiger partial charge on any atom is -0.207 e. The Morgan fingerprint density at radius 2 is 1.74 bits per heavy atom. The predicted octanol–water partition coefficient (Wildman–Crippen LogP) is 2.28. The van der Waals surface area contributed by atoms with Crippen LogP contribution in [-0.4, -0.2) is 46.0 Å². The van der Waals surface area contributed by atoms with E-state index in [2.05, 4.69) is 15.5 Å². The first kappa shape index (κ1) is 17.5. The molecule has 0 amide bonds. The second-order valence-corrected chi connectivity index (χ2v) is 8.04. The molecule has 0 spiro atoms. The van der Waals surface area contributed by atoms with Crippen molar-refractivity contribution in [3.05, 3.63) is 72.3 Å². The molecule has 7 nitrogen and oxygen atoms in total. The molecule has 0 bridgehead atoms. The zero-order valence-corrected chi connectivity index (χ0v) is 15.1. The number of rotatable bonds is 4. The van der Waals surface area contributed by atoms with E-state index in [0.717, 1.165) is 11.1 Å². The molecule has 0 radical (unpaired) electrons. The van der Waals surface area contributed by atoms with Crippen LogP contribution in [0, 0.1) is 5.82 Å². The number of sulfonamides is 1. The number of nitrogens with zero attached hydrogens (tertiary/aromatic N) is 5. The van der Waals surface area contributed by atoms with E-state index in [1.54, 1.807) is 36.4 Å². The highest BCUT2D eigenvalue weighted by Gasteiger charge is 2.26. The zero-order chi connectivity index (χ0) is 18.9. The van der Waals surface area contributed by atoms with Crippen molar-refractivity contribution < 1.29 is 12.8 Å². The normalized spacial score (nSPS) is 15.5. The quantitative estimate of drug-likeness (QED) is 0.688. The van der Waals surface area contributed by atoms with Gasteiger partial charge in [-0.2, -0.15) is 4.31 Å². The largest absolute Gasteiger partial charge is 0.243 e. The number of hydrogen-bond acceptors (Lipinski definition) is 5. The van der Waals surface area contributed by atoms with Crippen molar-refractivity contribution in [2.45, 2.75) is 11.3 Å². The summed E-state index contributed by atoms with van der Waals surface area (Å²) in [7, 11) is -3.59. The Hall–Kier alpha value is -2.91. The summed E-state index contributed by atoms with van der Waals surface area (Å²) in [5.41, 5.74) is 2.62. The minimum atomic E-state index is -3.59. The van der Waals surface area contributed by atoms with Gasteiger partial charge in [0.1, 0.15) is 12.1 Å². The van der Waals surface area contributed by atoms with E-state index in [9.17, 15) is 12.8 Å². The van der Waals surface area contributed by atoms with Crippen LogP contribution in [0.1, 0.15) is 12.0 Å². The molecule has 0 saturated carbocycles. The molecule has 27 heavy (non-hydrogen) atoms. The first-order chi connectivity index (χ1) is 13.0. The summed E-state index contributed by atoms with van der Waals surface area (Å²) < 4.78 is 41.7. The Balaban J connectivity index is 1.52. The van der Waals surface area contributed by atoms with Crippen LogP contribution in [0.4, 0.5) is 4.39 Å². The van der Waals surface area contributed by atoms with Crippen molar-refractivity contribution in [3.63, 3.8) is 0 Å². The van der Waals surface area contributed by atoms with E-state index >= 15 is 0 Å². The van der Waals surface area contributed by atoms with Crippen LogP contribution in [-0.2, 0) is 10.0 Å². The van der Waals surface area contributed by atoms with Crippen molar-refractivity contribution >= 4 is 15.6 Å². The van der Waals surface area contributed by atoms with Gasteiger partial charge in [-0.05, 0) is 64.4 Å². The fraction of sp³-hybridized carbons (Fsp3) is 0.167. The summed E-state index contributed by atoms with van der Waals surface area (Å²) in [6.07, 6.45) is 3.90. The van der Waals surface area contributed by atoms with Crippen LogP contribution in [0.5, 0.6) is 0 Å². The summed E-state index contributed by atoms with van der Waals surface area (Å²) in [5.74, 6) is -0.288. The van der Waals surface area contributed by atoms with Gasteiger partial charge in [-0.15, -0.1) is 5.10 Å². The standard InChI is InChI=1S/C18H16FN5O2S/c19-16-3-1-14(2-4-16)15-9-11-23(12-10-15)27(25,26)18-7-5-17(6-8-18)24-13-20-21-22-24/h1-9,13H,10-12H2. The molecule has 4 rings (SSSR count). The van der Waals surface area contributed by atoms with Gasteiger partial charge in [0.15, 0.2) is 0 Å². The molecule has 0 atom stereocenters. The van der Waals surface area contributed by atoms with Gasteiger partial charge in [0, 0.05) is 13.1 Å². The van der Waals surface area contributed by atoms with Gasteiger partial charge in [-0.3, -0.25) is 0 Å². The molecule has 2 aromatic carbocycles. The smallest absolute Gasteiger partial charge is 0.207 e. The Morgan fingerprint density at radius 1 is 1.00 bits per heavy atom. The number of halogens is 1. The molecular weight excluding hydrogens is 369 g/mol. The summed E-state index contributed by atoms with van der Waals surface area (Å²) in [5, 5.41) is 10.9. The van der Waals surface area contributed by atoms with E-state index in [-0.39, 0.29) is 17.3 Å². The van der Waals surface area contributed by atoms with Crippen LogP contribution < -0.4 is 0 Å². The second kappa shape index (κ2) is 7.01. The fourth-order valence-corrected chi connectivity index (χ4v) is 4.38. The van der Waals surface area contributed by atoms with E-state index in [1.807, 2.05) is 6.08 Å². The molecule has 2 heterocycles. The molecule has 1 aliphatic rings. The third-order valence-corrected chi connectivity index (χ3v) is 6.35. The van der Waals surface area contributed by atoms with Gasteiger partial charge in [-0.25, -0.2) is 17.5 Å². The molecule has 0 fully saturated rings. The lowest BCUT2D eigenvalue weighted by molar-refractivity contribution is 0.441. The van der Waals surface area contributed by atoms with Crippen LogP contribution in [0.25, 0.3) is 11.3 Å². The second-order valence-electron chi connectivity index (χ2n) is 6.10. The first-order valence-electron chi connectivity index (χ1n) is 8.32. The number of hydrogen-bond donors (Lipinski definition) is 0. The van der Waals surface area contributed by atoms with Gasteiger partial charge >= 0.3 is 0 Å². The van der Waals surface area contributed by atoms with Gasteiger partial charge in [0.2, 0.25) is 10.0 Å². The molecule has 1 aliphatic heterocycles. The number of aromatic nitrogens is 4. The highest BCUT2D eigenvalue weighted by atomic mass is 32.2. The monoisotopic (exact) mass is 385 g/mol. The van der Waals surface area contributed by atoms with Gasteiger partial charge < -0.3 is 0 Å². The van der Waals surface area contributed by atoms with E-state index in [0.29, 0.717) is 18.7 Å². The van der Waals surface area contributed by atoms with Crippen molar-refractivity contribution in [2.75, 3.05) is 13.1 Å². The lowest BCUT2D eigenvalue weighted by Crippen LogP contribution is -2.34. The molecule has 138 valence electrons. The average molecular weight is 385 g/mol. The minimum absolute atomic E-state index is 0.220. The molecule has 9 heteroatoms. The predicted molar refractivity (Wildman–Crippen MR) is 96.9 cm³/mol. The molecule has 0 unspecified atom stereocenters. The maximum atomic E-state index is 13.1. The van der Waals surface area contributed by atoms with Crippen molar-refractivity contribution in [2.24, 2.45) is 0 Å². The van der Waals surface area contributed by atoms with Crippen LogP contribution in [0.15, 0.2) is 65.8 Å². The van der Waals surface area contributed by atoms with Crippen LogP contribution in [0.3, 0.4) is 0 Å². The summed E-state index contributed by atoms with van der Waals surface area (Å²) >= 11 is 0. The highest BCUT2D eigenvalue weighted by molar-refractivity contribution is 7.89. The third-order valence-electron chi connectivity index (χ3n) is 4.47. The molecule has 3 aromatic rings. The fourth-order valence-electron chi connectivity index (χ4n) is 2.99. The lowest BCUT2D eigenvalue weighted by Gasteiger charge is -2.26. The SMILES string of the molecule is O=S(=O)(c1ccc(-n2cnnn2)cc1)N1CC=C(c2ccc(F)cc2)CC1. The average Bonchev–Trinajstić information content (AvgIpc) is 3.24. The van der Waals surface area contributed by atoms with Crippen LogP contribution in [0.2, 0.25) is 0 Å². The Labute approximate surface area is 155 Å². The summed E-state index contributed by atoms with van der Waals surface area (Å²) in [4.78, 5) is 0.220. The summed E-state index contributed by atoms with van der Waals surface area (Å²) in [6.45, 7) is 0.657. The van der Waals surface area contributed by atoms with E-state index in [4.69, 9.17) is 0 Å². The lowest BCUT2D eigenvalue weighted by atomic mass is 10.0. The van der Waals surface area contributed by atoms with Gasteiger partial charge in [0.05, 0.1) is 10.6 Å². The first-order valence-corrected chi connectivity index (χ1v) is 9.76. The van der Waals surface area contributed by atoms with Crippen molar-refractivity contribution in [3.8, 4) is 5.69 Å². The summed E-state index contributed by atoms with van der Waals surface area (Å²) in [6, 6.07) is 12.7. The Bertz CT molecular complexity index is 1060. The number of tetrazole rings is 1. The van der Waals surface area contributed by atoms with Gasteiger partial charge in [0.25, 0.3) is 0 Å².